The Morgan fingerprint density at radius 2 is 2.05 bits per heavy atom. The molecular weight excluding hydrogens is 260 g/mol. The lowest BCUT2D eigenvalue weighted by atomic mass is 10.1. The molecule has 4 nitrogen and oxygen atoms in total. The predicted molar refractivity (Wildman–Crippen MR) is 76.0 cm³/mol. The largest absolute Gasteiger partial charge is 0.478 e. The minimum Gasteiger partial charge on any atom is -0.478 e. The van der Waals surface area contributed by atoms with Crippen LogP contribution >= 0.6 is 11.8 Å². The molecule has 1 aliphatic rings. The van der Waals surface area contributed by atoms with Gasteiger partial charge in [-0.15, -0.1) is 11.8 Å². The summed E-state index contributed by atoms with van der Waals surface area (Å²) in [6, 6.07) is 8.70. The van der Waals surface area contributed by atoms with Gasteiger partial charge in [-0.05, 0) is 24.6 Å². The minimum absolute atomic E-state index is 0.289. The fourth-order valence-electron chi connectivity index (χ4n) is 1.95. The summed E-state index contributed by atoms with van der Waals surface area (Å²) in [7, 11) is 0. The van der Waals surface area contributed by atoms with Crippen molar-refractivity contribution in [1.29, 1.82) is 0 Å². The average molecular weight is 272 g/mol. The number of rotatable bonds is 3. The van der Waals surface area contributed by atoms with Gasteiger partial charge < -0.3 is 5.11 Å². The number of aromatic carboxylic acids is 1. The lowest BCUT2D eigenvalue weighted by Crippen LogP contribution is -1.95. The zero-order valence-electron chi connectivity index (χ0n) is 10.1. The number of hydrogen-bond donors (Lipinski definition) is 1. The summed E-state index contributed by atoms with van der Waals surface area (Å²) in [6.07, 6.45) is 5.20. The van der Waals surface area contributed by atoms with Gasteiger partial charge in [0.2, 0.25) is 0 Å². The monoisotopic (exact) mass is 272 g/mol. The van der Waals surface area contributed by atoms with Crippen molar-refractivity contribution in [3.63, 3.8) is 0 Å². The van der Waals surface area contributed by atoms with E-state index in [1.54, 1.807) is 36.0 Å². The number of nitrogens with zero attached hydrogens (tertiary/aromatic N) is 2. The molecule has 2 aromatic rings. The Kier molecular flexibility index (Phi) is 3.13. The first-order chi connectivity index (χ1) is 9.24. The minimum atomic E-state index is -0.912. The van der Waals surface area contributed by atoms with E-state index < -0.39 is 5.97 Å². The molecule has 0 fully saturated rings. The van der Waals surface area contributed by atoms with E-state index in [1.807, 2.05) is 16.9 Å². The first-order valence-electron chi connectivity index (χ1n) is 5.97. The standard InChI is InChI=1S/C14H12N2O2S/c17-14(18)11-5-3-10(4-6-11)12-7-8-16(15-12)13-2-1-9-19-13/h2-8H,1,9H2,(H,17,18). The Morgan fingerprint density at radius 1 is 1.26 bits per heavy atom. The summed E-state index contributed by atoms with van der Waals surface area (Å²) in [5.41, 5.74) is 2.06. The lowest BCUT2D eigenvalue weighted by Gasteiger charge is -2.01. The number of carboxylic acids is 1. The Labute approximate surface area is 114 Å². The number of thioether (sulfide) groups is 1. The summed E-state index contributed by atoms with van der Waals surface area (Å²) in [5.74, 6) is 0.197. The fraction of sp³-hybridized carbons (Fsp3) is 0.143. The third-order valence-electron chi connectivity index (χ3n) is 2.93. The van der Waals surface area contributed by atoms with E-state index in [1.165, 1.54) is 0 Å². The van der Waals surface area contributed by atoms with Gasteiger partial charge in [0, 0.05) is 17.5 Å². The van der Waals surface area contributed by atoms with Crippen LogP contribution < -0.4 is 0 Å². The van der Waals surface area contributed by atoms with Crippen molar-refractivity contribution < 1.29 is 9.90 Å². The predicted octanol–water partition coefficient (Wildman–Crippen LogP) is 3.18. The molecular formula is C14H12N2O2S. The molecule has 0 atom stereocenters. The number of hydrogen-bond acceptors (Lipinski definition) is 3. The molecule has 0 spiro atoms. The molecule has 1 aliphatic heterocycles. The van der Waals surface area contributed by atoms with Gasteiger partial charge in [0.05, 0.1) is 16.3 Å². The maximum absolute atomic E-state index is 10.8. The van der Waals surface area contributed by atoms with Crippen molar-refractivity contribution in [2.45, 2.75) is 6.42 Å². The number of carboxylic acid groups (broad SMARTS) is 1. The molecule has 1 aromatic heterocycles. The third-order valence-corrected chi connectivity index (χ3v) is 4.02. The maximum atomic E-state index is 10.8. The van der Waals surface area contributed by atoms with Crippen LogP contribution in [0.2, 0.25) is 0 Å². The molecule has 5 heteroatoms. The van der Waals surface area contributed by atoms with Gasteiger partial charge in [-0.3, -0.25) is 0 Å². The van der Waals surface area contributed by atoms with E-state index in [0.29, 0.717) is 0 Å². The Morgan fingerprint density at radius 3 is 2.68 bits per heavy atom. The normalized spacial score (nSPS) is 14.4. The highest BCUT2D eigenvalue weighted by atomic mass is 32.2. The quantitative estimate of drug-likeness (QED) is 0.932. The first kappa shape index (κ1) is 12.0. The van der Waals surface area contributed by atoms with E-state index >= 15 is 0 Å². The van der Waals surface area contributed by atoms with Gasteiger partial charge >= 0.3 is 5.97 Å². The van der Waals surface area contributed by atoms with Crippen LogP contribution in [-0.4, -0.2) is 26.6 Å². The first-order valence-corrected chi connectivity index (χ1v) is 6.95. The van der Waals surface area contributed by atoms with Crippen LogP contribution in [0.3, 0.4) is 0 Å². The van der Waals surface area contributed by atoms with Gasteiger partial charge in [-0.25, -0.2) is 9.48 Å². The van der Waals surface area contributed by atoms with E-state index in [0.717, 1.165) is 28.5 Å². The highest BCUT2D eigenvalue weighted by Gasteiger charge is 2.10. The molecule has 0 saturated heterocycles. The summed E-state index contributed by atoms with van der Waals surface area (Å²) in [6.45, 7) is 0. The highest BCUT2D eigenvalue weighted by Crippen LogP contribution is 2.29. The van der Waals surface area contributed by atoms with Gasteiger partial charge in [-0.2, -0.15) is 5.10 Å². The van der Waals surface area contributed by atoms with Crippen molar-refractivity contribution in [3.05, 3.63) is 48.2 Å². The molecule has 2 heterocycles. The molecule has 0 bridgehead atoms. The number of aromatic nitrogens is 2. The van der Waals surface area contributed by atoms with E-state index in [-0.39, 0.29) is 5.56 Å². The van der Waals surface area contributed by atoms with Crippen molar-refractivity contribution in [2.75, 3.05) is 5.75 Å². The van der Waals surface area contributed by atoms with Crippen LogP contribution in [0.5, 0.6) is 0 Å². The second-order valence-electron chi connectivity index (χ2n) is 4.21. The van der Waals surface area contributed by atoms with Gasteiger partial charge in [0.1, 0.15) is 0 Å². The molecule has 1 aromatic carbocycles. The van der Waals surface area contributed by atoms with Gasteiger partial charge in [-0.1, -0.05) is 18.2 Å². The molecule has 3 rings (SSSR count). The number of benzene rings is 1. The van der Waals surface area contributed by atoms with Crippen molar-refractivity contribution in [2.24, 2.45) is 0 Å². The summed E-state index contributed by atoms with van der Waals surface area (Å²) < 4.78 is 1.87. The zero-order chi connectivity index (χ0) is 13.2. The molecule has 0 saturated carbocycles. The van der Waals surface area contributed by atoms with Crippen LogP contribution in [-0.2, 0) is 0 Å². The fourth-order valence-corrected chi connectivity index (χ4v) is 2.86. The molecule has 0 amide bonds. The highest BCUT2D eigenvalue weighted by molar-refractivity contribution is 8.08. The SMILES string of the molecule is O=C(O)c1ccc(-c2ccn(C3=CCCS3)n2)cc1. The Balaban J connectivity index is 1.88. The third kappa shape index (κ3) is 2.42. The van der Waals surface area contributed by atoms with E-state index in [9.17, 15) is 4.79 Å². The molecule has 1 N–H and O–H groups in total. The Hall–Kier alpha value is -2.01. The molecule has 0 aliphatic carbocycles. The average Bonchev–Trinajstić information content (AvgIpc) is 3.10. The van der Waals surface area contributed by atoms with Crippen LogP contribution in [0.25, 0.3) is 16.3 Å². The second-order valence-corrected chi connectivity index (χ2v) is 5.32. The maximum Gasteiger partial charge on any atom is 0.335 e. The zero-order valence-corrected chi connectivity index (χ0v) is 10.9. The Bertz CT molecular complexity index is 644. The molecule has 19 heavy (non-hydrogen) atoms. The topological polar surface area (TPSA) is 55.1 Å². The summed E-state index contributed by atoms with van der Waals surface area (Å²) in [5, 5.41) is 14.5. The lowest BCUT2D eigenvalue weighted by molar-refractivity contribution is 0.0697. The van der Waals surface area contributed by atoms with Crippen molar-refractivity contribution >= 4 is 22.8 Å². The number of allylic oxidation sites excluding steroid dienone is 1. The molecule has 96 valence electrons. The second kappa shape index (κ2) is 4.93. The van der Waals surface area contributed by atoms with Crippen LogP contribution in [0.15, 0.2) is 42.6 Å². The summed E-state index contributed by atoms with van der Waals surface area (Å²) in [4.78, 5) is 10.8. The van der Waals surface area contributed by atoms with Crippen molar-refractivity contribution in [3.8, 4) is 11.3 Å². The van der Waals surface area contributed by atoms with E-state index in [4.69, 9.17) is 5.11 Å². The smallest absolute Gasteiger partial charge is 0.335 e. The van der Waals surface area contributed by atoms with Crippen molar-refractivity contribution in [1.82, 2.24) is 9.78 Å². The summed E-state index contributed by atoms with van der Waals surface area (Å²) >= 11 is 1.79. The van der Waals surface area contributed by atoms with Crippen LogP contribution in [0.1, 0.15) is 16.8 Å². The van der Waals surface area contributed by atoms with Crippen LogP contribution in [0.4, 0.5) is 0 Å². The van der Waals surface area contributed by atoms with Gasteiger partial charge in [0.25, 0.3) is 0 Å². The van der Waals surface area contributed by atoms with E-state index in [2.05, 4.69) is 11.2 Å². The molecule has 0 unspecified atom stereocenters. The number of carbonyl (C=O) groups is 1. The van der Waals surface area contributed by atoms with Gasteiger partial charge in [0.15, 0.2) is 0 Å². The molecule has 0 radical (unpaired) electrons. The van der Waals surface area contributed by atoms with Crippen LogP contribution in [0, 0.1) is 0 Å².